The lowest BCUT2D eigenvalue weighted by Crippen LogP contribution is -2.39. The lowest BCUT2D eigenvalue weighted by atomic mass is 9.83. The number of nitrogens with one attached hydrogen (secondary N) is 1. The Morgan fingerprint density at radius 3 is 2.70 bits per heavy atom. The van der Waals surface area contributed by atoms with Gasteiger partial charge in [0.15, 0.2) is 17.3 Å². The van der Waals surface area contributed by atoms with Gasteiger partial charge in [-0.3, -0.25) is 4.79 Å². The SMILES string of the molecule is Cc1noc(CNC(=O)C(C)(C)c2ccc3c(c2)OCCO3)n1. The van der Waals surface area contributed by atoms with Crippen LogP contribution in [-0.2, 0) is 16.8 Å². The molecule has 0 aliphatic carbocycles. The van der Waals surface area contributed by atoms with E-state index in [1.54, 1.807) is 6.92 Å². The Hall–Kier alpha value is -2.57. The second-order valence-corrected chi connectivity index (χ2v) is 5.90. The monoisotopic (exact) mass is 317 g/mol. The highest BCUT2D eigenvalue weighted by molar-refractivity contribution is 5.87. The number of hydrogen-bond donors (Lipinski definition) is 1. The molecule has 2 heterocycles. The Labute approximate surface area is 134 Å². The first-order valence-electron chi connectivity index (χ1n) is 7.44. The minimum absolute atomic E-state index is 0.134. The van der Waals surface area contributed by atoms with Crippen LogP contribution < -0.4 is 14.8 Å². The van der Waals surface area contributed by atoms with Crippen LogP contribution in [0.15, 0.2) is 22.7 Å². The predicted molar refractivity (Wildman–Crippen MR) is 81.3 cm³/mol. The van der Waals surface area contributed by atoms with E-state index in [4.69, 9.17) is 14.0 Å². The van der Waals surface area contributed by atoms with E-state index < -0.39 is 5.41 Å². The molecule has 1 amide bonds. The topological polar surface area (TPSA) is 86.5 Å². The zero-order valence-corrected chi connectivity index (χ0v) is 13.4. The molecule has 2 aromatic rings. The van der Waals surface area contributed by atoms with Gasteiger partial charge >= 0.3 is 0 Å². The fourth-order valence-corrected chi connectivity index (χ4v) is 2.35. The van der Waals surface area contributed by atoms with Gasteiger partial charge in [-0.25, -0.2) is 0 Å². The number of fused-ring (bicyclic) bond motifs is 1. The van der Waals surface area contributed by atoms with Crippen LogP contribution in [0.2, 0.25) is 0 Å². The van der Waals surface area contributed by atoms with Crippen molar-refractivity contribution in [3.8, 4) is 11.5 Å². The number of carbonyl (C=O) groups excluding carboxylic acids is 1. The molecule has 1 aliphatic heterocycles. The first-order valence-corrected chi connectivity index (χ1v) is 7.44. The predicted octanol–water partition coefficient (Wildman–Crippen LogP) is 1.74. The average Bonchev–Trinajstić information content (AvgIpc) is 2.97. The van der Waals surface area contributed by atoms with Gasteiger partial charge in [0, 0.05) is 0 Å². The first kappa shape index (κ1) is 15.3. The molecular weight excluding hydrogens is 298 g/mol. The van der Waals surface area contributed by atoms with Crippen LogP contribution in [0.5, 0.6) is 11.5 Å². The van der Waals surface area contributed by atoms with Gasteiger partial charge in [-0.2, -0.15) is 4.98 Å². The molecule has 0 radical (unpaired) electrons. The molecule has 1 aromatic heterocycles. The second-order valence-electron chi connectivity index (χ2n) is 5.90. The van der Waals surface area contributed by atoms with E-state index in [9.17, 15) is 4.79 Å². The van der Waals surface area contributed by atoms with Crippen molar-refractivity contribution >= 4 is 5.91 Å². The Bertz CT molecular complexity index is 724. The Morgan fingerprint density at radius 1 is 1.26 bits per heavy atom. The summed E-state index contributed by atoms with van der Waals surface area (Å²) in [5.41, 5.74) is 0.117. The van der Waals surface area contributed by atoms with Crippen LogP contribution in [0.25, 0.3) is 0 Å². The van der Waals surface area contributed by atoms with E-state index in [1.165, 1.54) is 0 Å². The molecule has 7 heteroatoms. The fraction of sp³-hybridized carbons (Fsp3) is 0.438. The van der Waals surface area contributed by atoms with Crippen LogP contribution in [0, 0.1) is 6.92 Å². The van der Waals surface area contributed by atoms with E-state index in [0.717, 1.165) is 5.56 Å². The molecule has 0 saturated carbocycles. The molecule has 3 rings (SSSR count). The normalized spacial score (nSPS) is 13.7. The summed E-state index contributed by atoms with van der Waals surface area (Å²) in [4.78, 5) is 16.6. The van der Waals surface area contributed by atoms with Gasteiger partial charge in [-0.1, -0.05) is 11.2 Å². The fourth-order valence-electron chi connectivity index (χ4n) is 2.35. The van der Waals surface area contributed by atoms with Crippen molar-refractivity contribution in [1.82, 2.24) is 15.5 Å². The molecule has 0 fully saturated rings. The highest BCUT2D eigenvalue weighted by Crippen LogP contribution is 2.35. The number of ether oxygens (including phenoxy) is 2. The number of rotatable bonds is 4. The summed E-state index contributed by atoms with van der Waals surface area (Å²) < 4.78 is 16.1. The maximum absolute atomic E-state index is 12.5. The zero-order chi connectivity index (χ0) is 16.4. The maximum atomic E-state index is 12.5. The van der Waals surface area contributed by atoms with Crippen molar-refractivity contribution in [2.24, 2.45) is 0 Å². The lowest BCUT2D eigenvalue weighted by Gasteiger charge is -2.26. The summed E-state index contributed by atoms with van der Waals surface area (Å²) in [6.07, 6.45) is 0. The van der Waals surface area contributed by atoms with Gasteiger partial charge in [0.25, 0.3) is 0 Å². The zero-order valence-electron chi connectivity index (χ0n) is 13.4. The Balaban J connectivity index is 1.73. The van der Waals surface area contributed by atoms with Crippen molar-refractivity contribution in [2.45, 2.75) is 32.7 Å². The molecule has 1 aliphatic rings. The van der Waals surface area contributed by atoms with Crippen molar-refractivity contribution in [2.75, 3.05) is 13.2 Å². The number of carbonyl (C=O) groups is 1. The van der Waals surface area contributed by atoms with E-state index in [-0.39, 0.29) is 12.5 Å². The quantitative estimate of drug-likeness (QED) is 0.924. The number of amides is 1. The first-order chi connectivity index (χ1) is 11.0. The number of aromatic nitrogens is 2. The van der Waals surface area contributed by atoms with E-state index in [1.807, 2.05) is 32.0 Å². The molecule has 1 aromatic carbocycles. The third kappa shape index (κ3) is 3.13. The molecule has 122 valence electrons. The largest absolute Gasteiger partial charge is 0.486 e. The van der Waals surface area contributed by atoms with Crippen LogP contribution in [0.3, 0.4) is 0 Å². The van der Waals surface area contributed by atoms with Gasteiger partial charge in [0.2, 0.25) is 11.8 Å². The molecule has 0 bridgehead atoms. The van der Waals surface area contributed by atoms with Crippen LogP contribution in [-0.4, -0.2) is 29.3 Å². The molecule has 23 heavy (non-hydrogen) atoms. The van der Waals surface area contributed by atoms with Gasteiger partial charge in [-0.15, -0.1) is 0 Å². The number of nitrogens with zero attached hydrogens (tertiary/aromatic N) is 2. The van der Waals surface area contributed by atoms with E-state index in [0.29, 0.717) is 36.4 Å². The highest BCUT2D eigenvalue weighted by Gasteiger charge is 2.31. The summed E-state index contributed by atoms with van der Waals surface area (Å²) >= 11 is 0. The van der Waals surface area contributed by atoms with Gasteiger partial charge < -0.3 is 19.3 Å². The summed E-state index contributed by atoms with van der Waals surface area (Å²) in [6, 6.07) is 5.56. The van der Waals surface area contributed by atoms with Gasteiger partial charge in [0.1, 0.15) is 13.2 Å². The minimum atomic E-state index is -0.731. The van der Waals surface area contributed by atoms with E-state index >= 15 is 0 Å². The van der Waals surface area contributed by atoms with Crippen LogP contribution >= 0.6 is 0 Å². The molecule has 7 nitrogen and oxygen atoms in total. The number of aryl methyl sites for hydroxylation is 1. The van der Waals surface area contributed by atoms with Crippen molar-refractivity contribution in [3.05, 3.63) is 35.5 Å². The molecule has 0 spiro atoms. The van der Waals surface area contributed by atoms with Gasteiger partial charge in [0.05, 0.1) is 12.0 Å². The molecule has 0 unspecified atom stereocenters. The van der Waals surface area contributed by atoms with Crippen molar-refractivity contribution < 1.29 is 18.8 Å². The van der Waals surface area contributed by atoms with E-state index in [2.05, 4.69) is 15.5 Å². The lowest BCUT2D eigenvalue weighted by molar-refractivity contribution is -0.125. The average molecular weight is 317 g/mol. The van der Waals surface area contributed by atoms with Crippen molar-refractivity contribution in [1.29, 1.82) is 0 Å². The Morgan fingerprint density at radius 2 is 2.00 bits per heavy atom. The molecule has 0 atom stereocenters. The van der Waals surface area contributed by atoms with Gasteiger partial charge in [-0.05, 0) is 38.5 Å². The smallest absolute Gasteiger partial charge is 0.246 e. The molecule has 1 N–H and O–H groups in total. The minimum Gasteiger partial charge on any atom is -0.486 e. The number of benzene rings is 1. The summed E-state index contributed by atoms with van der Waals surface area (Å²) in [6.45, 7) is 6.70. The summed E-state index contributed by atoms with van der Waals surface area (Å²) in [7, 11) is 0. The summed E-state index contributed by atoms with van der Waals surface area (Å²) in [5, 5.41) is 6.52. The second kappa shape index (κ2) is 5.91. The van der Waals surface area contributed by atoms with Crippen LogP contribution in [0.4, 0.5) is 0 Å². The molecular formula is C16H19N3O4. The van der Waals surface area contributed by atoms with Crippen LogP contribution in [0.1, 0.15) is 31.1 Å². The summed E-state index contributed by atoms with van der Waals surface area (Å²) in [5.74, 6) is 2.17. The van der Waals surface area contributed by atoms with Crippen molar-refractivity contribution in [3.63, 3.8) is 0 Å². The number of hydrogen-bond acceptors (Lipinski definition) is 6. The standard InChI is InChI=1S/C16H19N3O4/c1-10-18-14(23-19-10)9-17-15(20)16(2,3)11-4-5-12-13(8-11)22-7-6-21-12/h4-5,8H,6-7,9H2,1-3H3,(H,17,20). The Kier molecular flexibility index (Phi) is 3.94. The third-order valence-corrected chi connectivity index (χ3v) is 3.80. The maximum Gasteiger partial charge on any atom is 0.246 e. The molecule has 0 saturated heterocycles. The highest BCUT2D eigenvalue weighted by atomic mass is 16.6. The third-order valence-electron chi connectivity index (χ3n) is 3.80.